The maximum atomic E-state index is 9.19. The minimum atomic E-state index is -0.0126. The first-order valence-corrected chi connectivity index (χ1v) is 7.65. The van der Waals surface area contributed by atoms with Crippen LogP contribution in [0.15, 0.2) is 24.3 Å². The van der Waals surface area contributed by atoms with E-state index in [1.54, 1.807) is 0 Å². The van der Waals surface area contributed by atoms with E-state index in [4.69, 9.17) is 4.74 Å². The van der Waals surface area contributed by atoms with Gasteiger partial charge in [0.25, 0.3) is 0 Å². The highest BCUT2D eigenvalue weighted by Gasteiger charge is 2.35. The maximum absolute atomic E-state index is 9.19. The molecule has 0 aliphatic carbocycles. The summed E-state index contributed by atoms with van der Waals surface area (Å²) in [6.45, 7) is 7.32. The second kappa shape index (κ2) is 6.41. The van der Waals surface area contributed by atoms with Gasteiger partial charge >= 0.3 is 0 Å². The van der Waals surface area contributed by atoms with Crippen LogP contribution in [-0.4, -0.2) is 12.2 Å². The van der Waals surface area contributed by atoms with Crippen molar-refractivity contribution in [2.24, 2.45) is 5.92 Å². The zero-order chi connectivity index (χ0) is 14.6. The predicted molar refractivity (Wildman–Crippen MR) is 81.5 cm³/mol. The first-order valence-electron chi connectivity index (χ1n) is 7.65. The minimum absolute atomic E-state index is 0.0126. The number of nitrogens with zero attached hydrogens (tertiary/aromatic N) is 1. The molecule has 2 nitrogen and oxygen atoms in total. The van der Waals surface area contributed by atoms with Crippen LogP contribution in [0, 0.1) is 24.2 Å². The number of aryl methyl sites for hydroxylation is 1. The highest BCUT2D eigenvalue weighted by molar-refractivity contribution is 5.26. The Morgan fingerprint density at radius 3 is 2.70 bits per heavy atom. The number of hydrogen-bond donors (Lipinski definition) is 0. The van der Waals surface area contributed by atoms with E-state index in [-0.39, 0.29) is 5.60 Å². The Hall–Kier alpha value is -1.33. The summed E-state index contributed by atoms with van der Waals surface area (Å²) in [6.07, 6.45) is 3.77. The molecule has 1 aliphatic rings. The third-order valence-electron chi connectivity index (χ3n) is 4.77. The molecule has 0 N–H and O–H groups in total. The average Bonchev–Trinajstić information content (AvgIpc) is 2.46. The van der Waals surface area contributed by atoms with Crippen LogP contribution in [0.4, 0.5) is 0 Å². The Balaban J connectivity index is 2.20. The van der Waals surface area contributed by atoms with Gasteiger partial charge in [0.1, 0.15) is 0 Å². The van der Waals surface area contributed by atoms with E-state index in [2.05, 4.69) is 51.1 Å². The van der Waals surface area contributed by atoms with Crippen LogP contribution in [0.3, 0.4) is 0 Å². The summed E-state index contributed by atoms with van der Waals surface area (Å²) in [4.78, 5) is 0. The number of benzene rings is 1. The third-order valence-corrected chi connectivity index (χ3v) is 4.77. The fraction of sp³-hybridized carbons (Fsp3) is 0.611. The van der Waals surface area contributed by atoms with Crippen molar-refractivity contribution in [3.63, 3.8) is 0 Å². The van der Waals surface area contributed by atoms with E-state index >= 15 is 0 Å². The van der Waals surface area contributed by atoms with Gasteiger partial charge in [-0.1, -0.05) is 36.8 Å². The molecule has 0 radical (unpaired) electrons. The first kappa shape index (κ1) is 15.1. The molecule has 2 heteroatoms. The van der Waals surface area contributed by atoms with Gasteiger partial charge in [-0.05, 0) is 50.5 Å². The topological polar surface area (TPSA) is 33.0 Å². The van der Waals surface area contributed by atoms with Crippen LogP contribution in [0.1, 0.15) is 56.6 Å². The quantitative estimate of drug-likeness (QED) is 0.802. The summed E-state index contributed by atoms with van der Waals surface area (Å²) in [5.41, 5.74) is 2.57. The van der Waals surface area contributed by atoms with Crippen molar-refractivity contribution in [2.75, 3.05) is 6.61 Å². The summed E-state index contributed by atoms with van der Waals surface area (Å²) >= 11 is 0. The van der Waals surface area contributed by atoms with Crippen LogP contribution in [0.2, 0.25) is 0 Å². The molecule has 0 saturated carbocycles. The van der Waals surface area contributed by atoms with Crippen LogP contribution in [0.5, 0.6) is 0 Å². The SMILES string of the molecule is CC[C@@]1(C)C[C@@H]([C@H](CC#N)c2ccc(C)cc2)CCO1. The van der Waals surface area contributed by atoms with E-state index in [0.717, 1.165) is 25.9 Å². The first-order chi connectivity index (χ1) is 9.58. The summed E-state index contributed by atoms with van der Waals surface area (Å²) in [7, 11) is 0. The highest BCUT2D eigenvalue weighted by Crippen LogP contribution is 2.41. The summed E-state index contributed by atoms with van der Waals surface area (Å²) in [5, 5.41) is 9.19. The van der Waals surface area contributed by atoms with E-state index < -0.39 is 0 Å². The molecule has 1 aromatic rings. The Morgan fingerprint density at radius 1 is 1.40 bits per heavy atom. The Bertz CT molecular complexity index is 473. The van der Waals surface area contributed by atoms with Crippen molar-refractivity contribution in [1.29, 1.82) is 5.26 Å². The van der Waals surface area contributed by atoms with E-state index in [1.165, 1.54) is 11.1 Å². The van der Waals surface area contributed by atoms with Crippen LogP contribution in [0.25, 0.3) is 0 Å². The van der Waals surface area contributed by atoms with Crippen molar-refractivity contribution in [1.82, 2.24) is 0 Å². The minimum Gasteiger partial charge on any atom is -0.375 e. The normalized spacial score (nSPS) is 27.8. The molecule has 0 amide bonds. The second-order valence-corrected chi connectivity index (χ2v) is 6.28. The van der Waals surface area contributed by atoms with Gasteiger partial charge in [-0.15, -0.1) is 0 Å². The third kappa shape index (κ3) is 3.41. The van der Waals surface area contributed by atoms with Crippen LogP contribution >= 0.6 is 0 Å². The average molecular weight is 271 g/mol. The summed E-state index contributed by atoms with van der Waals surface area (Å²) in [5.74, 6) is 0.895. The lowest BCUT2D eigenvalue weighted by Gasteiger charge is -2.40. The van der Waals surface area contributed by atoms with E-state index in [1.807, 2.05) is 0 Å². The molecule has 1 saturated heterocycles. The monoisotopic (exact) mass is 271 g/mol. The zero-order valence-corrected chi connectivity index (χ0v) is 12.9. The number of hydrogen-bond acceptors (Lipinski definition) is 2. The summed E-state index contributed by atoms with van der Waals surface area (Å²) in [6, 6.07) is 11.1. The lowest BCUT2D eigenvalue weighted by Crippen LogP contribution is -2.38. The lowest BCUT2D eigenvalue weighted by atomic mass is 9.74. The van der Waals surface area contributed by atoms with Gasteiger partial charge in [-0.3, -0.25) is 0 Å². The van der Waals surface area contributed by atoms with Gasteiger partial charge in [-0.2, -0.15) is 5.26 Å². The molecule has 0 unspecified atom stereocenters. The number of ether oxygens (including phenoxy) is 1. The molecular weight excluding hydrogens is 246 g/mol. The Kier molecular flexibility index (Phi) is 4.83. The number of rotatable bonds is 4. The number of nitriles is 1. The largest absolute Gasteiger partial charge is 0.375 e. The molecule has 0 aromatic heterocycles. The molecule has 0 spiro atoms. The smallest absolute Gasteiger partial charge is 0.0654 e. The van der Waals surface area contributed by atoms with E-state index in [9.17, 15) is 5.26 Å². The fourth-order valence-corrected chi connectivity index (χ4v) is 3.23. The Morgan fingerprint density at radius 2 is 2.10 bits per heavy atom. The van der Waals surface area contributed by atoms with Gasteiger partial charge in [0, 0.05) is 13.0 Å². The van der Waals surface area contributed by atoms with Crippen molar-refractivity contribution in [3.05, 3.63) is 35.4 Å². The molecule has 108 valence electrons. The molecule has 1 aliphatic heterocycles. The molecule has 1 fully saturated rings. The molecule has 2 rings (SSSR count). The molecule has 1 heterocycles. The fourth-order valence-electron chi connectivity index (χ4n) is 3.23. The van der Waals surface area contributed by atoms with Gasteiger partial charge in [0.2, 0.25) is 0 Å². The molecule has 1 aromatic carbocycles. The molecular formula is C18H25NO. The molecule has 3 atom stereocenters. The van der Waals surface area contributed by atoms with Crippen molar-refractivity contribution < 1.29 is 4.74 Å². The highest BCUT2D eigenvalue weighted by atomic mass is 16.5. The van der Waals surface area contributed by atoms with Crippen LogP contribution < -0.4 is 0 Å². The van der Waals surface area contributed by atoms with Crippen molar-refractivity contribution >= 4 is 0 Å². The van der Waals surface area contributed by atoms with Crippen molar-refractivity contribution in [2.45, 2.75) is 58.0 Å². The van der Waals surface area contributed by atoms with Gasteiger partial charge in [0.15, 0.2) is 0 Å². The second-order valence-electron chi connectivity index (χ2n) is 6.28. The summed E-state index contributed by atoms with van der Waals surface area (Å²) < 4.78 is 5.95. The molecule has 20 heavy (non-hydrogen) atoms. The maximum Gasteiger partial charge on any atom is 0.0654 e. The van der Waals surface area contributed by atoms with Gasteiger partial charge in [-0.25, -0.2) is 0 Å². The Labute approximate surface area is 122 Å². The lowest BCUT2D eigenvalue weighted by molar-refractivity contribution is -0.0909. The standard InChI is InChI=1S/C18H25NO/c1-4-18(3)13-16(10-12-20-18)17(9-11-19)15-7-5-14(2)6-8-15/h5-8,16-17H,4,9-10,12-13H2,1-3H3/t16-,17+,18-/m0/s1. The van der Waals surface area contributed by atoms with Crippen LogP contribution in [-0.2, 0) is 4.74 Å². The zero-order valence-electron chi connectivity index (χ0n) is 12.9. The van der Waals surface area contributed by atoms with Crippen molar-refractivity contribution in [3.8, 4) is 6.07 Å². The van der Waals surface area contributed by atoms with E-state index in [0.29, 0.717) is 18.3 Å². The van der Waals surface area contributed by atoms with Gasteiger partial charge in [0.05, 0.1) is 11.7 Å². The predicted octanol–water partition coefficient (Wildman–Crippen LogP) is 4.59. The molecule has 0 bridgehead atoms. The van der Waals surface area contributed by atoms with Gasteiger partial charge < -0.3 is 4.74 Å².